The third kappa shape index (κ3) is 4.96. The summed E-state index contributed by atoms with van der Waals surface area (Å²) in [4.78, 5) is 17.9. The van der Waals surface area contributed by atoms with Crippen LogP contribution in [0.3, 0.4) is 0 Å². The predicted octanol–water partition coefficient (Wildman–Crippen LogP) is 5.06. The van der Waals surface area contributed by atoms with E-state index < -0.39 is 5.91 Å². The van der Waals surface area contributed by atoms with Crippen molar-refractivity contribution in [2.45, 2.75) is 6.54 Å². The molecule has 0 saturated heterocycles. The number of carbonyl (C=O) groups is 1. The minimum Gasteiger partial charge on any atom is -0.493 e. The van der Waals surface area contributed by atoms with E-state index in [4.69, 9.17) is 21.1 Å². The van der Waals surface area contributed by atoms with E-state index in [-0.39, 0.29) is 11.8 Å². The van der Waals surface area contributed by atoms with Crippen LogP contribution >= 0.6 is 11.6 Å². The molecule has 9 heteroatoms. The summed E-state index contributed by atoms with van der Waals surface area (Å²) in [6.45, 7) is 0.318. The molecular formula is C24H20ClFN4O3. The van der Waals surface area contributed by atoms with Gasteiger partial charge in [0.05, 0.1) is 14.2 Å². The Morgan fingerprint density at radius 1 is 1.00 bits per heavy atom. The number of hydrogen-bond acceptors (Lipinski definition) is 6. The lowest BCUT2D eigenvalue weighted by molar-refractivity contribution is 0.0947. The Labute approximate surface area is 194 Å². The van der Waals surface area contributed by atoms with Gasteiger partial charge in [-0.3, -0.25) is 4.79 Å². The van der Waals surface area contributed by atoms with Crippen molar-refractivity contribution in [1.29, 1.82) is 0 Å². The van der Waals surface area contributed by atoms with Gasteiger partial charge in [-0.25, -0.2) is 4.39 Å². The molecule has 0 fully saturated rings. The average molecular weight is 467 g/mol. The van der Waals surface area contributed by atoms with Crippen LogP contribution in [0.25, 0.3) is 11.4 Å². The molecule has 0 amide bonds. The van der Waals surface area contributed by atoms with Crippen LogP contribution in [0.2, 0.25) is 5.02 Å². The number of nitrogens with one attached hydrogen (secondary N) is 1. The first-order valence-electron chi connectivity index (χ1n) is 9.96. The quantitative estimate of drug-likeness (QED) is 0.410. The van der Waals surface area contributed by atoms with Crippen molar-refractivity contribution in [3.8, 4) is 22.9 Å². The summed E-state index contributed by atoms with van der Waals surface area (Å²) in [6, 6.07) is 17.9. The molecule has 1 N–H and O–H groups in total. The number of halogens is 2. The van der Waals surface area contributed by atoms with Gasteiger partial charge in [0, 0.05) is 22.7 Å². The summed E-state index contributed by atoms with van der Waals surface area (Å²) in [5.74, 6) is 0.776. The largest absolute Gasteiger partial charge is 0.493 e. The van der Waals surface area contributed by atoms with Gasteiger partial charge < -0.3 is 14.8 Å². The Hall–Kier alpha value is -3.91. The highest BCUT2D eigenvalue weighted by Gasteiger charge is 2.20. The number of anilines is 1. The van der Waals surface area contributed by atoms with Crippen molar-refractivity contribution < 1.29 is 18.7 Å². The molecule has 3 aromatic carbocycles. The molecule has 0 saturated carbocycles. The van der Waals surface area contributed by atoms with Crippen molar-refractivity contribution in [2.75, 3.05) is 19.5 Å². The summed E-state index contributed by atoms with van der Waals surface area (Å²) >= 11 is 5.99. The van der Waals surface area contributed by atoms with Crippen molar-refractivity contribution in [3.05, 3.63) is 88.7 Å². The zero-order chi connectivity index (χ0) is 23.4. The van der Waals surface area contributed by atoms with Gasteiger partial charge in [-0.1, -0.05) is 23.7 Å². The number of carbonyl (C=O) groups excluding carboxylic acids is 1. The third-order valence-electron chi connectivity index (χ3n) is 4.90. The number of rotatable bonds is 7. The lowest BCUT2D eigenvalue weighted by atomic mass is 10.2. The predicted molar refractivity (Wildman–Crippen MR) is 123 cm³/mol. The van der Waals surface area contributed by atoms with Crippen LogP contribution in [0.15, 0.2) is 66.7 Å². The Balaban J connectivity index is 1.70. The molecular weight excluding hydrogens is 447 g/mol. The van der Waals surface area contributed by atoms with Gasteiger partial charge in [0.25, 0.3) is 5.91 Å². The van der Waals surface area contributed by atoms with Crippen LogP contribution in [-0.2, 0) is 6.54 Å². The SMILES string of the molecule is COc1ccc(C(=O)n2nc(-c3ccc(Cl)cc3)nc2NCc2ccc(F)cc2)cc1OC. The van der Waals surface area contributed by atoms with Crippen LogP contribution < -0.4 is 14.8 Å². The van der Waals surface area contributed by atoms with Crippen LogP contribution in [0, 0.1) is 5.82 Å². The minimum absolute atomic E-state index is 0.240. The highest BCUT2D eigenvalue weighted by Crippen LogP contribution is 2.28. The van der Waals surface area contributed by atoms with E-state index in [2.05, 4.69) is 15.4 Å². The van der Waals surface area contributed by atoms with E-state index in [0.717, 1.165) is 5.56 Å². The second-order valence-electron chi connectivity index (χ2n) is 7.03. The molecule has 4 aromatic rings. The fourth-order valence-corrected chi connectivity index (χ4v) is 3.29. The molecule has 0 bridgehead atoms. The Morgan fingerprint density at radius 2 is 1.70 bits per heavy atom. The van der Waals surface area contributed by atoms with Crippen molar-refractivity contribution in [2.24, 2.45) is 0 Å². The number of benzene rings is 3. The zero-order valence-corrected chi connectivity index (χ0v) is 18.6. The van der Waals surface area contributed by atoms with E-state index in [1.807, 2.05) is 0 Å². The summed E-state index contributed by atoms with van der Waals surface area (Å²) in [6.07, 6.45) is 0. The molecule has 0 aliphatic carbocycles. The number of nitrogens with zero attached hydrogens (tertiary/aromatic N) is 3. The van der Waals surface area contributed by atoms with Gasteiger partial charge in [-0.2, -0.15) is 9.67 Å². The van der Waals surface area contributed by atoms with Crippen LogP contribution in [-0.4, -0.2) is 34.9 Å². The Bertz CT molecular complexity index is 1270. The number of hydrogen-bond donors (Lipinski definition) is 1. The maximum atomic E-state index is 13.3. The smallest absolute Gasteiger partial charge is 0.281 e. The molecule has 0 atom stereocenters. The Kier molecular flexibility index (Phi) is 6.55. The second kappa shape index (κ2) is 9.70. The van der Waals surface area contributed by atoms with E-state index in [1.165, 1.54) is 31.0 Å². The summed E-state index contributed by atoms with van der Waals surface area (Å²) in [5, 5.41) is 8.12. The lowest BCUT2D eigenvalue weighted by Gasteiger charge is -2.10. The number of methoxy groups -OCH3 is 2. The molecule has 0 aliphatic heterocycles. The fraction of sp³-hybridized carbons (Fsp3) is 0.125. The first kappa shape index (κ1) is 22.3. The Morgan fingerprint density at radius 3 is 2.36 bits per heavy atom. The summed E-state index contributed by atoms with van der Waals surface area (Å²) in [5.41, 5.74) is 1.85. The second-order valence-corrected chi connectivity index (χ2v) is 7.47. The van der Waals surface area contributed by atoms with E-state index >= 15 is 0 Å². The summed E-state index contributed by atoms with van der Waals surface area (Å²) in [7, 11) is 3.02. The van der Waals surface area contributed by atoms with Gasteiger partial charge in [0.1, 0.15) is 5.82 Å². The lowest BCUT2D eigenvalue weighted by Crippen LogP contribution is -2.17. The maximum absolute atomic E-state index is 13.3. The summed E-state index contributed by atoms with van der Waals surface area (Å²) < 4.78 is 25.0. The van der Waals surface area contributed by atoms with E-state index in [9.17, 15) is 9.18 Å². The minimum atomic E-state index is -0.412. The van der Waals surface area contributed by atoms with Crippen molar-refractivity contribution in [3.63, 3.8) is 0 Å². The third-order valence-corrected chi connectivity index (χ3v) is 5.15. The van der Waals surface area contributed by atoms with E-state index in [1.54, 1.807) is 54.6 Å². The van der Waals surface area contributed by atoms with Crippen LogP contribution in [0.5, 0.6) is 11.5 Å². The van der Waals surface area contributed by atoms with Crippen molar-refractivity contribution in [1.82, 2.24) is 14.8 Å². The molecule has 7 nitrogen and oxygen atoms in total. The number of aromatic nitrogens is 3. The molecule has 0 unspecified atom stereocenters. The molecule has 33 heavy (non-hydrogen) atoms. The first-order valence-corrected chi connectivity index (χ1v) is 10.3. The zero-order valence-electron chi connectivity index (χ0n) is 17.9. The maximum Gasteiger partial charge on any atom is 0.281 e. The van der Waals surface area contributed by atoms with Crippen molar-refractivity contribution >= 4 is 23.5 Å². The van der Waals surface area contributed by atoms with E-state index in [0.29, 0.717) is 40.0 Å². The van der Waals surface area contributed by atoms with Gasteiger partial charge >= 0.3 is 0 Å². The molecule has 0 aliphatic rings. The molecule has 1 heterocycles. The van der Waals surface area contributed by atoms with Gasteiger partial charge in [-0.15, -0.1) is 5.10 Å². The van der Waals surface area contributed by atoms with Crippen LogP contribution in [0.4, 0.5) is 10.3 Å². The van der Waals surface area contributed by atoms with Gasteiger partial charge in [-0.05, 0) is 60.2 Å². The van der Waals surface area contributed by atoms with Gasteiger partial charge in [0.15, 0.2) is 17.3 Å². The molecule has 0 radical (unpaired) electrons. The molecule has 168 valence electrons. The monoisotopic (exact) mass is 466 g/mol. The highest BCUT2D eigenvalue weighted by atomic mass is 35.5. The first-order chi connectivity index (χ1) is 16.0. The topological polar surface area (TPSA) is 78.3 Å². The normalized spacial score (nSPS) is 10.7. The number of ether oxygens (including phenoxy) is 2. The molecule has 4 rings (SSSR count). The fourth-order valence-electron chi connectivity index (χ4n) is 3.16. The average Bonchev–Trinajstić information content (AvgIpc) is 3.27. The molecule has 0 spiro atoms. The van der Waals surface area contributed by atoms with Crippen LogP contribution in [0.1, 0.15) is 15.9 Å². The molecule has 1 aromatic heterocycles. The highest BCUT2D eigenvalue weighted by molar-refractivity contribution is 6.30. The standard InChI is InChI=1S/C24H20ClFN4O3/c1-32-20-12-7-17(13-21(20)33-2)23(31)30-24(27-14-15-3-10-19(26)11-4-15)28-22(29-30)16-5-8-18(25)9-6-16/h3-13H,14H2,1-2H3,(H,27,28,29). The van der Waals surface area contributed by atoms with Gasteiger partial charge in [0.2, 0.25) is 5.95 Å².